The van der Waals surface area contributed by atoms with E-state index < -0.39 is 5.97 Å². The molecule has 8 heteroatoms. The molecule has 0 bridgehead atoms. The highest BCUT2D eigenvalue weighted by Crippen LogP contribution is 2.41. The fraction of sp³-hybridized carbons (Fsp3) is 0.222. The molecule has 0 unspecified atom stereocenters. The number of carboxylic acid groups (broad SMARTS) is 1. The molecule has 5 rings (SSSR count). The quantitative estimate of drug-likeness (QED) is 0.305. The van der Waals surface area contributed by atoms with Gasteiger partial charge in [-0.2, -0.15) is 0 Å². The fourth-order valence-electron chi connectivity index (χ4n) is 4.09. The van der Waals surface area contributed by atoms with Crippen molar-refractivity contribution in [2.24, 2.45) is 0 Å². The first-order valence-corrected chi connectivity index (χ1v) is 12.1. The Morgan fingerprint density at radius 1 is 1.06 bits per heavy atom. The molecular weight excluding hydrogens is 466 g/mol. The summed E-state index contributed by atoms with van der Waals surface area (Å²) in [5.74, 6) is 1.77. The predicted octanol–water partition coefficient (Wildman–Crippen LogP) is 6.07. The Hall–Kier alpha value is -3.78. The third-order valence-corrected chi connectivity index (χ3v) is 6.81. The molecule has 4 aromatic rings. The normalized spacial score (nSPS) is 12.2. The van der Waals surface area contributed by atoms with Crippen molar-refractivity contribution in [3.63, 3.8) is 0 Å². The van der Waals surface area contributed by atoms with Crippen LogP contribution in [-0.2, 0) is 6.54 Å². The van der Waals surface area contributed by atoms with Crippen molar-refractivity contribution in [3.8, 4) is 23.0 Å². The monoisotopic (exact) mass is 491 g/mol. The number of aromatic nitrogens is 1. The third-order valence-electron chi connectivity index (χ3n) is 5.70. The summed E-state index contributed by atoms with van der Waals surface area (Å²) in [5.41, 5.74) is 1.92. The van der Waals surface area contributed by atoms with Gasteiger partial charge >= 0.3 is 5.97 Å². The number of carboxylic acids is 1. The number of rotatable bonds is 9. The average molecular weight is 492 g/mol. The smallest absolute Gasteiger partial charge is 0.353 e. The molecule has 35 heavy (non-hydrogen) atoms. The number of hydrogen-bond acceptors (Lipinski definition) is 6. The second-order valence-electron chi connectivity index (χ2n) is 8.07. The van der Waals surface area contributed by atoms with Crippen molar-refractivity contribution < 1.29 is 28.8 Å². The van der Waals surface area contributed by atoms with Gasteiger partial charge in [0.1, 0.15) is 17.2 Å². The lowest BCUT2D eigenvalue weighted by atomic mass is 10.2. The number of aromatic carboxylic acids is 1. The van der Waals surface area contributed by atoms with Crippen molar-refractivity contribution >= 4 is 28.6 Å². The van der Waals surface area contributed by atoms with E-state index in [4.69, 9.17) is 18.9 Å². The minimum Gasteiger partial charge on any atom is -0.497 e. The van der Waals surface area contributed by atoms with Crippen LogP contribution in [0.1, 0.15) is 29.4 Å². The summed E-state index contributed by atoms with van der Waals surface area (Å²) in [7, 11) is 1.61. The molecular formula is C27H25NO6S. The average Bonchev–Trinajstić information content (AvgIpc) is 3.45. The molecule has 0 amide bonds. The van der Waals surface area contributed by atoms with E-state index in [0.717, 1.165) is 27.8 Å². The molecule has 2 heterocycles. The second kappa shape index (κ2) is 9.84. The zero-order valence-electron chi connectivity index (χ0n) is 19.4. The highest BCUT2D eigenvalue weighted by molar-refractivity contribution is 7.99. The molecule has 0 spiro atoms. The van der Waals surface area contributed by atoms with Gasteiger partial charge in [-0.3, -0.25) is 0 Å². The van der Waals surface area contributed by atoms with Gasteiger partial charge in [-0.15, -0.1) is 0 Å². The Bertz CT molecular complexity index is 1400. The van der Waals surface area contributed by atoms with Gasteiger partial charge in [-0.1, -0.05) is 30.8 Å². The second-order valence-corrected chi connectivity index (χ2v) is 9.15. The van der Waals surface area contributed by atoms with Gasteiger partial charge in [0.05, 0.1) is 24.1 Å². The van der Waals surface area contributed by atoms with Gasteiger partial charge in [-0.05, 0) is 54.4 Å². The van der Waals surface area contributed by atoms with Gasteiger partial charge in [0.15, 0.2) is 11.5 Å². The van der Waals surface area contributed by atoms with Crippen LogP contribution in [0.25, 0.3) is 10.9 Å². The number of ether oxygens (including phenoxy) is 4. The van der Waals surface area contributed by atoms with Crippen LogP contribution in [0.15, 0.2) is 70.5 Å². The summed E-state index contributed by atoms with van der Waals surface area (Å²) in [6.45, 7) is 3.17. The van der Waals surface area contributed by atoms with E-state index in [1.807, 2.05) is 72.2 Å². The summed E-state index contributed by atoms with van der Waals surface area (Å²) in [5, 5.41) is 11.2. The molecule has 1 aliphatic heterocycles. The molecule has 0 radical (unpaired) electrons. The fourth-order valence-corrected chi connectivity index (χ4v) is 5.23. The molecule has 0 saturated heterocycles. The highest BCUT2D eigenvalue weighted by atomic mass is 32.2. The van der Waals surface area contributed by atoms with Crippen LogP contribution in [0.2, 0.25) is 0 Å². The Morgan fingerprint density at radius 2 is 1.91 bits per heavy atom. The molecule has 0 fully saturated rings. The lowest BCUT2D eigenvalue weighted by Crippen LogP contribution is -2.10. The van der Waals surface area contributed by atoms with Gasteiger partial charge in [0.2, 0.25) is 6.79 Å². The molecule has 1 aromatic heterocycles. The van der Waals surface area contributed by atoms with Crippen LogP contribution in [0.4, 0.5) is 0 Å². The number of fused-ring (bicyclic) bond motifs is 2. The Balaban J connectivity index is 1.65. The zero-order chi connectivity index (χ0) is 24.4. The third kappa shape index (κ3) is 4.61. The number of benzene rings is 3. The van der Waals surface area contributed by atoms with Gasteiger partial charge in [-0.25, -0.2) is 4.79 Å². The summed E-state index contributed by atoms with van der Waals surface area (Å²) < 4.78 is 24.0. The van der Waals surface area contributed by atoms with E-state index in [9.17, 15) is 9.90 Å². The molecule has 180 valence electrons. The highest BCUT2D eigenvalue weighted by Gasteiger charge is 2.25. The van der Waals surface area contributed by atoms with E-state index in [1.165, 1.54) is 11.8 Å². The molecule has 7 nitrogen and oxygen atoms in total. The van der Waals surface area contributed by atoms with Crippen LogP contribution in [0, 0.1) is 0 Å². The lowest BCUT2D eigenvalue weighted by Gasteiger charge is -2.11. The first-order valence-electron chi connectivity index (χ1n) is 11.3. The molecule has 1 aliphatic rings. The van der Waals surface area contributed by atoms with Gasteiger partial charge in [0, 0.05) is 22.9 Å². The molecule has 0 saturated carbocycles. The van der Waals surface area contributed by atoms with E-state index >= 15 is 0 Å². The van der Waals surface area contributed by atoms with E-state index in [0.29, 0.717) is 41.0 Å². The minimum atomic E-state index is -0.997. The first kappa shape index (κ1) is 23.0. The van der Waals surface area contributed by atoms with Crippen LogP contribution in [0.3, 0.4) is 0 Å². The maximum Gasteiger partial charge on any atom is 0.353 e. The van der Waals surface area contributed by atoms with Crippen LogP contribution in [0.5, 0.6) is 23.0 Å². The van der Waals surface area contributed by atoms with Crippen molar-refractivity contribution in [2.45, 2.75) is 29.7 Å². The predicted molar refractivity (Wildman–Crippen MR) is 133 cm³/mol. The Morgan fingerprint density at radius 3 is 2.71 bits per heavy atom. The van der Waals surface area contributed by atoms with Gasteiger partial charge < -0.3 is 28.6 Å². The van der Waals surface area contributed by atoms with Crippen LogP contribution < -0.4 is 18.9 Å². The minimum absolute atomic E-state index is 0.186. The Labute approximate surface area is 207 Å². The number of carbonyl (C=O) groups is 1. The van der Waals surface area contributed by atoms with Crippen molar-refractivity contribution in [1.29, 1.82) is 0 Å². The summed E-state index contributed by atoms with van der Waals surface area (Å²) in [6, 6.07) is 19.0. The van der Waals surface area contributed by atoms with Crippen molar-refractivity contribution in [3.05, 3.63) is 71.9 Å². The molecule has 0 aliphatic carbocycles. The summed E-state index contributed by atoms with van der Waals surface area (Å²) in [6.07, 6.45) is 0.883. The van der Waals surface area contributed by atoms with E-state index in [1.54, 1.807) is 7.11 Å². The topological polar surface area (TPSA) is 79.2 Å². The molecule has 1 N–H and O–H groups in total. The molecule has 3 aromatic carbocycles. The Kier molecular flexibility index (Phi) is 6.46. The maximum atomic E-state index is 12.6. The van der Waals surface area contributed by atoms with E-state index in [2.05, 4.69) is 0 Å². The molecule has 0 atom stereocenters. The standard InChI is InChI=1S/C27H25NO6S/c1-3-11-32-19-8-9-21-22(14-19)28(15-17-7-10-23-24(12-17)34-16-33-23)25(27(29)30)26(21)35-20-6-4-5-18(13-20)31-2/h4-10,12-14H,3,11,15-16H2,1-2H3,(H,29,30). The summed E-state index contributed by atoms with van der Waals surface area (Å²) >= 11 is 1.41. The SMILES string of the molecule is CCCOc1ccc2c(Sc3cccc(OC)c3)c(C(=O)O)n(Cc3ccc4c(c3)OCO4)c2c1. The number of methoxy groups -OCH3 is 1. The largest absolute Gasteiger partial charge is 0.497 e. The lowest BCUT2D eigenvalue weighted by molar-refractivity contribution is 0.0682. The maximum absolute atomic E-state index is 12.6. The first-order chi connectivity index (χ1) is 17.1. The van der Waals surface area contributed by atoms with Gasteiger partial charge in [0.25, 0.3) is 0 Å². The zero-order valence-corrected chi connectivity index (χ0v) is 20.3. The number of nitrogens with zero attached hydrogens (tertiary/aromatic N) is 1. The van der Waals surface area contributed by atoms with Crippen LogP contribution in [-0.4, -0.2) is 36.2 Å². The van der Waals surface area contributed by atoms with E-state index in [-0.39, 0.29) is 12.5 Å². The number of hydrogen-bond donors (Lipinski definition) is 1. The summed E-state index contributed by atoms with van der Waals surface area (Å²) in [4.78, 5) is 14.2. The van der Waals surface area contributed by atoms with Crippen LogP contribution >= 0.6 is 11.8 Å². The van der Waals surface area contributed by atoms with Crippen molar-refractivity contribution in [1.82, 2.24) is 4.57 Å². The van der Waals surface area contributed by atoms with Crippen molar-refractivity contribution in [2.75, 3.05) is 20.5 Å².